The van der Waals surface area contributed by atoms with Crippen LogP contribution >= 0.6 is 47.0 Å². The van der Waals surface area contributed by atoms with Crippen molar-refractivity contribution in [2.24, 2.45) is 0 Å². The van der Waals surface area contributed by atoms with Crippen LogP contribution in [-0.4, -0.2) is 27.0 Å². The van der Waals surface area contributed by atoms with Crippen LogP contribution in [0.15, 0.2) is 108 Å². The Kier molecular flexibility index (Phi) is 6.98. The molecule has 190 valence electrons. The average Bonchev–Trinajstić information content (AvgIpc) is 3.55. The third-order valence-electron chi connectivity index (χ3n) is 5.25. The summed E-state index contributed by atoms with van der Waals surface area (Å²) in [6.45, 7) is 7.53. The quantitative estimate of drug-likeness (QED) is 0.197. The summed E-state index contributed by atoms with van der Waals surface area (Å²) in [6, 6.07) is 16.7. The second-order valence-corrected chi connectivity index (χ2v) is 15.8. The van der Waals surface area contributed by atoms with E-state index >= 15 is 0 Å². The number of thioether (sulfide) groups is 4. The summed E-state index contributed by atoms with van der Waals surface area (Å²) in [5.74, 6) is -0.604. The molecular formula is C24H12N2O6S6. The SMILES string of the molecule is [C-]#[N+]C(=C1Sc2c(O)c3c(c(O)c2S1)SC(=C(C#N)S(=O)(=O)c1ccccc1)S3)S(=O)(=O)c1ccccc1. The van der Waals surface area contributed by atoms with Crippen LogP contribution < -0.4 is 0 Å². The molecule has 0 bridgehead atoms. The van der Waals surface area contributed by atoms with Gasteiger partial charge in [0.05, 0.1) is 44.4 Å². The third-order valence-corrected chi connectivity index (χ3v) is 14.4. The lowest BCUT2D eigenvalue weighted by Gasteiger charge is -2.08. The fourth-order valence-corrected chi connectivity index (χ4v) is 12.3. The molecule has 0 radical (unpaired) electrons. The summed E-state index contributed by atoms with van der Waals surface area (Å²) in [5.41, 5.74) is 0. The minimum absolute atomic E-state index is 0.0591. The van der Waals surface area contributed by atoms with Gasteiger partial charge in [-0.2, -0.15) is 5.26 Å². The van der Waals surface area contributed by atoms with Crippen LogP contribution in [0.25, 0.3) is 4.85 Å². The van der Waals surface area contributed by atoms with Gasteiger partial charge in [0.15, 0.2) is 4.91 Å². The maximum Gasteiger partial charge on any atom is 0.303 e. The molecule has 5 rings (SSSR count). The Morgan fingerprint density at radius 2 is 1.11 bits per heavy atom. The minimum atomic E-state index is -4.16. The lowest BCUT2D eigenvalue weighted by atomic mass is 10.3. The molecule has 0 aromatic heterocycles. The summed E-state index contributed by atoms with van der Waals surface area (Å²) in [5, 5.41) is 31.3. The highest BCUT2D eigenvalue weighted by Gasteiger charge is 2.40. The first-order valence-corrected chi connectivity index (χ1v) is 16.5. The summed E-state index contributed by atoms with van der Waals surface area (Å²) < 4.78 is 52.6. The molecule has 2 aliphatic heterocycles. The number of sulfone groups is 2. The van der Waals surface area contributed by atoms with Gasteiger partial charge in [-0.1, -0.05) is 83.4 Å². The molecule has 0 aliphatic carbocycles. The smallest absolute Gasteiger partial charge is 0.303 e. The topological polar surface area (TPSA) is 137 Å². The standard InChI is InChI=1S/C24H12N2O6S6/c1-26-22(38(31,32)14-10-6-3-7-11-14)24-35-20-16(27)18-19(17(28)21(20)36-24)34-23(33-18)15(12-25)37(29,30)13-8-4-2-5-9-13/h2-11,27-28H. The maximum atomic E-state index is 13.1. The Balaban J connectivity index is 1.58. The number of rotatable bonds is 4. The summed E-state index contributed by atoms with van der Waals surface area (Å²) in [7, 11) is -8.32. The predicted octanol–water partition coefficient (Wildman–Crippen LogP) is 6.18. The highest BCUT2D eigenvalue weighted by molar-refractivity contribution is 8.26. The summed E-state index contributed by atoms with van der Waals surface area (Å²) >= 11 is 3.32. The van der Waals surface area contributed by atoms with Gasteiger partial charge in [0, 0.05) is 0 Å². The number of fused-ring (bicyclic) bond motifs is 2. The zero-order valence-corrected chi connectivity index (χ0v) is 23.5. The molecule has 0 atom stereocenters. The van der Waals surface area contributed by atoms with E-state index < -0.39 is 29.6 Å². The fraction of sp³-hybridized carbons (Fsp3) is 0. The largest absolute Gasteiger partial charge is 0.505 e. The first kappa shape index (κ1) is 26.6. The Morgan fingerprint density at radius 1 is 0.711 bits per heavy atom. The van der Waals surface area contributed by atoms with E-state index in [1.54, 1.807) is 18.2 Å². The third kappa shape index (κ3) is 4.27. The van der Waals surface area contributed by atoms with Crippen molar-refractivity contribution in [2.75, 3.05) is 0 Å². The maximum absolute atomic E-state index is 13.1. The van der Waals surface area contributed by atoms with Gasteiger partial charge in [-0.3, -0.25) is 0 Å². The van der Waals surface area contributed by atoms with Gasteiger partial charge >= 0.3 is 5.03 Å². The Labute approximate surface area is 235 Å². The molecule has 2 heterocycles. The van der Waals surface area contributed by atoms with E-state index in [0.29, 0.717) is 0 Å². The number of nitriles is 1. The average molecular weight is 617 g/mol. The van der Waals surface area contributed by atoms with Crippen molar-refractivity contribution in [2.45, 2.75) is 29.4 Å². The number of phenols is 2. The molecule has 3 aromatic carbocycles. The predicted molar refractivity (Wildman–Crippen MR) is 147 cm³/mol. The fourth-order valence-electron chi connectivity index (χ4n) is 3.47. The number of allylic oxidation sites excluding steroid dienone is 1. The van der Waals surface area contributed by atoms with E-state index in [-0.39, 0.29) is 49.3 Å². The second-order valence-electron chi connectivity index (χ2n) is 7.49. The van der Waals surface area contributed by atoms with Crippen molar-refractivity contribution in [1.29, 1.82) is 5.26 Å². The van der Waals surface area contributed by atoms with Gasteiger partial charge < -0.3 is 10.2 Å². The number of nitrogens with zero attached hydrogens (tertiary/aromatic N) is 2. The van der Waals surface area contributed by atoms with E-state index in [2.05, 4.69) is 4.85 Å². The van der Waals surface area contributed by atoms with E-state index in [9.17, 15) is 32.3 Å². The Morgan fingerprint density at radius 3 is 1.50 bits per heavy atom. The minimum Gasteiger partial charge on any atom is -0.505 e. The van der Waals surface area contributed by atoms with Crippen LogP contribution in [0, 0.1) is 17.9 Å². The Hall–Kier alpha value is -2.98. The molecule has 2 N–H and O–H groups in total. The van der Waals surface area contributed by atoms with Crippen molar-refractivity contribution in [1.82, 2.24) is 0 Å². The second kappa shape index (κ2) is 9.96. The molecule has 8 nitrogen and oxygen atoms in total. The first-order chi connectivity index (χ1) is 18.1. The van der Waals surface area contributed by atoms with Crippen LogP contribution in [-0.2, 0) is 19.7 Å². The van der Waals surface area contributed by atoms with Crippen LogP contribution in [0.1, 0.15) is 0 Å². The number of phenolic OH excluding ortho intramolecular Hbond substituents is 2. The van der Waals surface area contributed by atoms with Crippen LogP contribution in [0.5, 0.6) is 11.5 Å². The molecule has 0 spiro atoms. The molecule has 2 aliphatic rings. The van der Waals surface area contributed by atoms with Crippen molar-refractivity contribution in [3.05, 3.63) is 90.5 Å². The number of benzene rings is 3. The van der Waals surface area contributed by atoms with E-state index in [1.807, 2.05) is 0 Å². The molecule has 0 amide bonds. The van der Waals surface area contributed by atoms with Gasteiger partial charge in [-0.25, -0.2) is 21.7 Å². The molecular weight excluding hydrogens is 605 g/mol. The van der Waals surface area contributed by atoms with Gasteiger partial charge in [0.2, 0.25) is 19.7 Å². The molecule has 14 heteroatoms. The number of aromatic hydroxyl groups is 2. The van der Waals surface area contributed by atoms with E-state index in [0.717, 1.165) is 47.0 Å². The van der Waals surface area contributed by atoms with Gasteiger partial charge in [-0.15, -0.1) is 0 Å². The normalized spacial score (nSPS) is 14.4. The highest BCUT2D eigenvalue weighted by atomic mass is 32.2. The summed E-state index contributed by atoms with van der Waals surface area (Å²) in [4.78, 5) is 3.19. The Bertz CT molecular complexity index is 1690. The number of hydrogen-bond donors (Lipinski definition) is 2. The van der Waals surface area contributed by atoms with Crippen molar-refractivity contribution >= 4 is 66.7 Å². The van der Waals surface area contributed by atoms with Gasteiger partial charge in [0.1, 0.15) is 17.6 Å². The van der Waals surface area contributed by atoms with Gasteiger partial charge in [-0.05, 0) is 24.3 Å². The monoisotopic (exact) mass is 616 g/mol. The van der Waals surface area contributed by atoms with Gasteiger partial charge in [0.25, 0.3) is 0 Å². The van der Waals surface area contributed by atoms with Crippen molar-refractivity contribution in [3.63, 3.8) is 0 Å². The summed E-state index contributed by atoms with van der Waals surface area (Å²) in [6.07, 6.45) is 0. The molecule has 0 saturated carbocycles. The van der Waals surface area contributed by atoms with E-state index in [4.69, 9.17) is 6.57 Å². The van der Waals surface area contributed by atoms with Crippen LogP contribution in [0.4, 0.5) is 0 Å². The first-order valence-electron chi connectivity index (χ1n) is 10.3. The number of hydrogen-bond acceptors (Lipinski definition) is 11. The zero-order chi connectivity index (χ0) is 27.2. The molecule has 0 fully saturated rings. The molecule has 0 unspecified atom stereocenters. The zero-order valence-electron chi connectivity index (χ0n) is 18.6. The van der Waals surface area contributed by atoms with E-state index in [1.165, 1.54) is 48.5 Å². The lowest BCUT2D eigenvalue weighted by molar-refractivity contribution is 0.411. The van der Waals surface area contributed by atoms with Crippen LogP contribution in [0.3, 0.4) is 0 Å². The van der Waals surface area contributed by atoms with Crippen molar-refractivity contribution in [3.8, 4) is 17.6 Å². The highest BCUT2D eigenvalue weighted by Crippen LogP contribution is 2.68. The van der Waals surface area contributed by atoms with Crippen molar-refractivity contribution < 1.29 is 27.0 Å². The molecule has 3 aromatic rings. The molecule has 0 saturated heterocycles. The lowest BCUT2D eigenvalue weighted by Crippen LogP contribution is -2.04. The van der Waals surface area contributed by atoms with Crippen LogP contribution in [0.2, 0.25) is 0 Å². The molecule has 38 heavy (non-hydrogen) atoms.